The zero-order valence-corrected chi connectivity index (χ0v) is 11.6. The van der Waals surface area contributed by atoms with Crippen molar-refractivity contribution in [3.05, 3.63) is 21.7 Å². The molecule has 2 unspecified atom stereocenters. The van der Waals surface area contributed by atoms with E-state index in [1.54, 1.807) is 0 Å². The molecule has 0 radical (unpaired) electrons. The molecule has 0 amide bonds. The number of aromatic nitrogens is 2. The van der Waals surface area contributed by atoms with Gasteiger partial charge in [0.05, 0.1) is 6.10 Å². The van der Waals surface area contributed by atoms with Crippen LogP contribution in [0.3, 0.4) is 0 Å². The van der Waals surface area contributed by atoms with Gasteiger partial charge < -0.3 is 4.74 Å². The Morgan fingerprint density at radius 2 is 1.88 bits per heavy atom. The zero-order chi connectivity index (χ0) is 12.4. The molecule has 2 rings (SSSR count). The third-order valence-electron chi connectivity index (χ3n) is 2.94. The summed E-state index contributed by atoms with van der Waals surface area (Å²) in [6, 6.07) is 0. The Labute approximate surface area is 112 Å². The monoisotopic (exact) mass is 274 g/mol. The first-order valence-electron chi connectivity index (χ1n) is 5.99. The summed E-state index contributed by atoms with van der Waals surface area (Å²) in [5.41, 5.74) is 0.839. The summed E-state index contributed by atoms with van der Waals surface area (Å²) in [5.74, 6) is 0.615. The lowest BCUT2D eigenvalue weighted by molar-refractivity contribution is 0.0503. The second-order valence-corrected chi connectivity index (χ2v) is 5.12. The summed E-state index contributed by atoms with van der Waals surface area (Å²) in [6.07, 6.45) is 3.94. The molecule has 2 heterocycles. The van der Waals surface area contributed by atoms with Crippen LogP contribution in [-0.4, -0.2) is 16.1 Å². The van der Waals surface area contributed by atoms with Gasteiger partial charge in [-0.25, -0.2) is 9.97 Å². The van der Waals surface area contributed by atoms with Gasteiger partial charge in [-0.3, -0.25) is 0 Å². The van der Waals surface area contributed by atoms with E-state index in [9.17, 15) is 0 Å². The van der Waals surface area contributed by atoms with E-state index in [0.29, 0.717) is 16.1 Å². The Balaban J connectivity index is 2.25. The SMILES string of the molecule is CCCc1c(Cl)nc(C2CCC(C)O2)nc1Cl. The van der Waals surface area contributed by atoms with E-state index in [2.05, 4.69) is 23.8 Å². The minimum Gasteiger partial charge on any atom is -0.367 e. The van der Waals surface area contributed by atoms with Gasteiger partial charge in [0.2, 0.25) is 0 Å². The van der Waals surface area contributed by atoms with E-state index in [1.165, 1.54) is 0 Å². The van der Waals surface area contributed by atoms with Crippen molar-refractivity contribution in [2.75, 3.05) is 0 Å². The average molecular weight is 275 g/mol. The summed E-state index contributed by atoms with van der Waals surface area (Å²) >= 11 is 12.3. The highest BCUT2D eigenvalue weighted by Crippen LogP contribution is 2.33. The maximum atomic E-state index is 6.14. The minimum atomic E-state index is -0.0596. The average Bonchev–Trinajstić information content (AvgIpc) is 2.70. The molecule has 2 atom stereocenters. The van der Waals surface area contributed by atoms with Gasteiger partial charge in [-0.2, -0.15) is 0 Å². The molecule has 5 heteroatoms. The fourth-order valence-corrected chi connectivity index (χ4v) is 2.63. The quantitative estimate of drug-likeness (QED) is 0.783. The van der Waals surface area contributed by atoms with Crippen LogP contribution in [0.2, 0.25) is 10.3 Å². The number of nitrogens with zero attached hydrogens (tertiary/aromatic N) is 2. The van der Waals surface area contributed by atoms with Crippen molar-refractivity contribution in [1.29, 1.82) is 0 Å². The van der Waals surface area contributed by atoms with Gasteiger partial charge in [0, 0.05) is 5.56 Å². The Kier molecular flexibility index (Phi) is 4.23. The standard InChI is InChI=1S/C12H16Cl2N2O/c1-3-4-8-10(13)15-12(16-11(8)14)9-6-5-7(2)17-9/h7,9H,3-6H2,1-2H3. The van der Waals surface area contributed by atoms with Crippen LogP contribution in [-0.2, 0) is 11.2 Å². The second kappa shape index (κ2) is 5.51. The summed E-state index contributed by atoms with van der Waals surface area (Å²) in [6.45, 7) is 4.12. The third kappa shape index (κ3) is 2.90. The molecule has 1 aliphatic heterocycles. The predicted octanol–water partition coefficient (Wildman–Crippen LogP) is 3.98. The largest absolute Gasteiger partial charge is 0.367 e. The number of hydrogen-bond donors (Lipinski definition) is 0. The molecule has 3 nitrogen and oxygen atoms in total. The number of rotatable bonds is 3. The molecule has 1 saturated heterocycles. The van der Waals surface area contributed by atoms with E-state index < -0.39 is 0 Å². The third-order valence-corrected chi connectivity index (χ3v) is 3.57. The fraction of sp³-hybridized carbons (Fsp3) is 0.667. The maximum absolute atomic E-state index is 6.14. The Hall–Kier alpha value is -0.380. The summed E-state index contributed by atoms with van der Waals surface area (Å²) in [5, 5.41) is 0.926. The lowest BCUT2D eigenvalue weighted by atomic mass is 10.2. The van der Waals surface area contributed by atoms with E-state index >= 15 is 0 Å². The zero-order valence-electron chi connectivity index (χ0n) is 10.0. The van der Waals surface area contributed by atoms with Gasteiger partial charge in [-0.15, -0.1) is 0 Å². The van der Waals surface area contributed by atoms with Crippen molar-refractivity contribution >= 4 is 23.2 Å². The highest BCUT2D eigenvalue weighted by Gasteiger charge is 2.27. The van der Waals surface area contributed by atoms with Gasteiger partial charge in [-0.1, -0.05) is 36.5 Å². The van der Waals surface area contributed by atoms with Crippen molar-refractivity contribution in [3.63, 3.8) is 0 Å². The van der Waals surface area contributed by atoms with Crippen molar-refractivity contribution < 1.29 is 4.74 Å². The first kappa shape index (κ1) is 13.1. The molecule has 0 saturated carbocycles. The van der Waals surface area contributed by atoms with Crippen LogP contribution >= 0.6 is 23.2 Å². The van der Waals surface area contributed by atoms with E-state index in [1.807, 2.05) is 0 Å². The summed E-state index contributed by atoms with van der Waals surface area (Å²) in [4.78, 5) is 8.63. The molecular weight excluding hydrogens is 259 g/mol. The first-order valence-corrected chi connectivity index (χ1v) is 6.74. The molecule has 17 heavy (non-hydrogen) atoms. The molecule has 0 N–H and O–H groups in total. The van der Waals surface area contributed by atoms with Gasteiger partial charge in [0.25, 0.3) is 0 Å². The molecule has 1 aromatic rings. The van der Waals surface area contributed by atoms with Crippen LogP contribution in [0.15, 0.2) is 0 Å². The van der Waals surface area contributed by atoms with Crippen LogP contribution in [0, 0.1) is 0 Å². The molecule has 0 spiro atoms. The fourth-order valence-electron chi connectivity index (χ4n) is 2.04. The van der Waals surface area contributed by atoms with Gasteiger partial charge >= 0.3 is 0 Å². The molecule has 0 bridgehead atoms. The normalized spacial score (nSPS) is 24.2. The second-order valence-electron chi connectivity index (χ2n) is 4.40. The summed E-state index contributed by atoms with van der Waals surface area (Å²) in [7, 11) is 0. The van der Waals surface area contributed by atoms with Crippen LogP contribution in [0.5, 0.6) is 0 Å². The lowest BCUT2D eigenvalue weighted by Gasteiger charge is -2.12. The lowest BCUT2D eigenvalue weighted by Crippen LogP contribution is -2.07. The van der Waals surface area contributed by atoms with E-state index in [4.69, 9.17) is 27.9 Å². The van der Waals surface area contributed by atoms with Gasteiger partial charge in [0.15, 0.2) is 5.82 Å². The highest BCUT2D eigenvalue weighted by molar-refractivity contribution is 6.34. The maximum Gasteiger partial charge on any atom is 0.160 e. The van der Waals surface area contributed by atoms with Crippen LogP contribution in [0.25, 0.3) is 0 Å². The van der Waals surface area contributed by atoms with Crippen molar-refractivity contribution in [1.82, 2.24) is 9.97 Å². The molecular formula is C12H16Cl2N2O. The van der Waals surface area contributed by atoms with Crippen molar-refractivity contribution in [2.45, 2.75) is 51.7 Å². The Morgan fingerprint density at radius 3 is 2.35 bits per heavy atom. The van der Waals surface area contributed by atoms with E-state index in [-0.39, 0.29) is 12.2 Å². The van der Waals surface area contributed by atoms with Crippen LogP contribution in [0.4, 0.5) is 0 Å². The predicted molar refractivity (Wildman–Crippen MR) is 68.6 cm³/mol. The molecule has 0 aromatic carbocycles. The van der Waals surface area contributed by atoms with Crippen LogP contribution in [0.1, 0.15) is 50.6 Å². The van der Waals surface area contributed by atoms with Gasteiger partial charge in [-0.05, 0) is 26.2 Å². The molecule has 1 aromatic heterocycles. The smallest absolute Gasteiger partial charge is 0.160 e. The highest BCUT2D eigenvalue weighted by atomic mass is 35.5. The van der Waals surface area contributed by atoms with Crippen LogP contribution < -0.4 is 0 Å². The number of hydrogen-bond acceptors (Lipinski definition) is 3. The molecule has 0 aliphatic carbocycles. The number of ether oxygens (including phenoxy) is 1. The first-order chi connectivity index (χ1) is 8.11. The molecule has 1 fully saturated rings. The molecule has 94 valence electrons. The van der Waals surface area contributed by atoms with E-state index in [0.717, 1.165) is 31.2 Å². The Bertz CT molecular complexity index is 388. The van der Waals surface area contributed by atoms with Gasteiger partial charge in [0.1, 0.15) is 16.4 Å². The number of halogens is 2. The Morgan fingerprint density at radius 1 is 1.24 bits per heavy atom. The van der Waals surface area contributed by atoms with Crippen molar-refractivity contribution in [3.8, 4) is 0 Å². The summed E-state index contributed by atoms with van der Waals surface area (Å²) < 4.78 is 5.71. The van der Waals surface area contributed by atoms with Crippen molar-refractivity contribution in [2.24, 2.45) is 0 Å². The molecule has 1 aliphatic rings. The minimum absolute atomic E-state index is 0.0596. The topological polar surface area (TPSA) is 35.0 Å².